The molecule has 0 spiro atoms. The van der Waals surface area contributed by atoms with Gasteiger partial charge >= 0.3 is 5.00 Å². The van der Waals surface area contributed by atoms with Crippen molar-refractivity contribution in [1.29, 1.82) is 0 Å². The van der Waals surface area contributed by atoms with Gasteiger partial charge in [-0.2, -0.15) is 0 Å². The van der Waals surface area contributed by atoms with Gasteiger partial charge < -0.3 is 4.42 Å². The summed E-state index contributed by atoms with van der Waals surface area (Å²) in [4.78, 5) is 12.7. The van der Waals surface area contributed by atoms with E-state index in [-0.39, 0.29) is 16.0 Å². The molecule has 0 unspecified atom stereocenters. The molecule has 0 radical (unpaired) electrons. The smallest absolute Gasteiger partial charge is 0.324 e. The molecule has 3 rings (SSSR count). The molecule has 2 aromatic heterocycles. The number of para-hydroxylation sites is 1. The number of benzene rings is 1. The zero-order valence-electron chi connectivity index (χ0n) is 13.1. The van der Waals surface area contributed by atoms with E-state index >= 15 is 0 Å². The highest BCUT2D eigenvalue weighted by atomic mass is 32.1. The van der Waals surface area contributed by atoms with Gasteiger partial charge in [-0.3, -0.25) is 15.0 Å². The third-order valence-corrected chi connectivity index (χ3v) is 4.94. The van der Waals surface area contributed by atoms with Crippen LogP contribution in [-0.4, -0.2) is 16.4 Å². The lowest BCUT2D eigenvalue weighted by Gasteiger charge is -2.25. The molecule has 0 bridgehead atoms. The minimum atomic E-state index is -0.340. The Labute approximate surface area is 138 Å². The van der Waals surface area contributed by atoms with E-state index < -0.39 is 0 Å². The van der Waals surface area contributed by atoms with Crippen LogP contribution >= 0.6 is 11.3 Å². The van der Waals surface area contributed by atoms with Gasteiger partial charge in [-0.25, -0.2) is 0 Å². The molecule has 0 aliphatic carbocycles. The summed E-state index contributed by atoms with van der Waals surface area (Å²) < 4.78 is 5.95. The number of furan rings is 1. The van der Waals surface area contributed by atoms with Crippen LogP contribution in [-0.2, 0) is 6.54 Å². The first-order chi connectivity index (χ1) is 11.1. The van der Waals surface area contributed by atoms with Gasteiger partial charge in [0.05, 0.1) is 11.0 Å². The maximum atomic E-state index is 10.8. The summed E-state index contributed by atoms with van der Waals surface area (Å²) in [7, 11) is 0. The van der Waals surface area contributed by atoms with Crippen LogP contribution < -0.4 is 0 Å². The molecule has 0 aliphatic rings. The van der Waals surface area contributed by atoms with Crippen molar-refractivity contribution in [1.82, 2.24) is 4.90 Å². The molecule has 0 amide bonds. The number of hydrogen-bond donors (Lipinski definition) is 0. The van der Waals surface area contributed by atoms with Gasteiger partial charge in [0, 0.05) is 23.4 Å². The van der Waals surface area contributed by atoms with Crippen LogP contribution in [0, 0.1) is 10.1 Å². The van der Waals surface area contributed by atoms with Gasteiger partial charge in [0.15, 0.2) is 0 Å². The van der Waals surface area contributed by atoms with E-state index in [1.807, 2.05) is 29.6 Å². The minimum Gasteiger partial charge on any atom is -0.459 e. The number of hydrogen-bond acceptors (Lipinski definition) is 5. The van der Waals surface area contributed by atoms with Crippen LogP contribution in [0.3, 0.4) is 0 Å². The number of thiophene rings is 1. The summed E-state index contributed by atoms with van der Waals surface area (Å²) in [5.41, 5.74) is 1.85. The first-order valence-electron chi connectivity index (χ1n) is 7.52. The fourth-order valence-electron chi connectivity index (χ4n) is 2.69. The molecule has 23 heavy (non-hydrogen) atoms. The second kappa shape index (κ2) is 6.52. The molecular formula is C17H18N2O3S. The average Bonchev–Trinajstić information content (AvgIpc) is 3.18. The van der Waals surface area contributed by atoms with Gasteiger partial charge in [-0.15, -0.1) is 0 Å². The third kappa shape index (κ3) is 3.28. The molecule has 0 saturated heterocycles. The van der Waals surface area contributed by atoms with Crippen molar-refractivity contribution < 1.29 is 9.34 Å². The minimum absolute atomic E-state index is 0.103. The lowest BCUT2D eigenvalue weighted by Crippen LogP contribution is -2.25. The second-order valence-corrected chi connectivity index (χ2v) is 6.37. The Kier molecular flexibility index (Phi) is 4.45. The lowest BCUT2D eigenvalue weighted by atomic mass is 10.1. The molecule has 0 fully saturated rings. The number of nitrogens with zero attached hydrogens (tertiary/aromatic N) is 2. The highest BCUT2D eigenvalue weighted by molar-refractivity contribution is 7.13. The number of rotatable bonds is 6. The Hall–Kier alpha value is -2.18. The van der Waals surface area contributed by atoms with Crippen molar-refractivity contribution in [3.05, 3.63) is 63.2 Å². The Morgan fingerprint density at radius 1 is 1.35 bits per heavy atom. The Morgan fingerprint density at radius 3 is 2.78 bits per heavy atom. The maximum absolute atomic E-state index is 10.8. The van der Waals surface area contributed by atoms with Crippen molar-refractivity contribution in [2.24, 2.45) is 0 Å². The summed E-state index contributed by atoms with van der Waals surface area (Å²) in [5, 5.41) is 13.9. The molecule has 120 valence electrons. The van der Waals surface area contributed by atoms with E-state index in [9.17, 15) is 10.1 Å². The van der Waals surface area contributed by atoms with E-state index in [0.717, 1.165) is 28.8 Å². The molecule has 0 aliphatic heterocycles. The first kappa shape index (κ1) is 15.7. The van der Waals surface area contributed by atoms with Gasteiger partial charge in [0.25, 0.3) is 0 Å². The van der Waals surface area contributed by atoms with Crippen LogP contribution in [0.25, 0.3) is 11.0 Å². The first-order valence-corrected chi connectivity index (χ1v) is 8.40. The summed E-state index contributed by atoms with van der Waals surface area (Å²) in [6.45, 7) is 5.68. The molecule has 1 aromatic carbocycles. The van der Waals surface area contributed by atoms with Gasteiger partial charge in [-0.05, 0) is 31.2 Å². The molecule has 0 N–H and O–H groups in total. The van der Waals surface area contributed by atoms with Gasteiger partial charge in [0.1, 0.15) is 11.3 Å². The topological polar surface area (TPSA) is 59.5 Å². The molecule has 6 heteroatoms. The lowest BCUT2D eigenvalue weighted by molar-refractivity contribution is -0.380. The monoisotopic (exact) mass is 330 g/mol. The van der Waals surface area contributed by atoms with Crippen molar-refractivity contribution >= 4 is 27.3 Å². The van der Waals surface area contributed by atoms with Crippen LogP contribution in [0.2, 0.25) is 0 Å². The van der Waals surface area contributed by atoms with E-state index in [0.29, 0.717) is 6.54 Å². The van der Waals surface area contributed by atoms with Crippen molar-refractivity contribution in [2.75, 3.05) is 6.54 Å². The van der Waals surface area contributed by atoms with Gasteiger partial charge in [0.2, 0.25) is 0 Å². The largest absolute Gasteiger partial charge is 0.459 e. The summed E-state index contributed by atoms with van der Waals surface area (Å²) in [6, 6.07) is 11.8. The molecule has 0 saturated carbocycles. The predicted molar refractivity (Wildman–Crippen MR) is 91.7 cm³/mol. The van der Waals surface area contributed by atoms with Crippen molar-refractivity contribution in [3.63, 3.8) is 0 Å². The van der Waals surface area contributed by atoms with Crippen LogP contribution in [0.1, 0.15) is 31.2 Å². The average molecular weight is 330 g/mol. The Bertz CT molecular complexity index is 791. The summed E-state index contributed by atoms with van der Waals surface area (Å²) >= 11 is 1.17. The van der Waals surface area contributed by atoms with Crippen LogP contribution in [0.15, 0.2) is 46.2 Å². The van der Waals surface area contributed by atoms with Crippen LogP contribution in [0.4, 0.5) is 5.00 Å². The molecular weight excluding hydrogens is 312 g/mol. The van der Waals surface area contributed by atoms with E-state index in [1.165, 1.54) is 11.3 Å². The number of nitro groups is 1. The zero-order chi connectivity index (χ0) is 16.4. The van der Waals surface area contributed by atoms with Crippen molar-refractivity contribution in [3.8, 4) is 0 Å². The Balaban J connectivity index is 1.79. The molecule has 2 heterocycles. The molecule has 3 aromatic rings. The molecule has 5 nitrogen and oxygen atoms in total. The van der Waals surface area contributed by atoms with E-state index in [1.54, 1.807) is 6.07 Å². The summed E-state index contributed by atoms with van der Waals surface area (Å²) in [5.74, 6) is 0.915. The highest BCUT2D eigenvalue weighted by Gasteiger charge is 2.20. The van der Waals surface area contributed by atoms with Gasteiger partial charge in [-0.1, -0.05) is 36.5 Å². The fourth-order valence-corrected chi connectivity index (χ4v) is 3.41. The Morgan fingerprint density at radius 2 is 2.13 bits per heavy atom. The normalized spacial score (nSPS) is 12.8. The van der Waals surface area contributed by atoms with Crippen LogP contribution in [0.5, 0.6) is 0 Å². The maximum Gasteiger partial charge on any atom is 0.324 e. The zero-order valence-corrected chi connectivity index (χ0v) is 13.9. The highest BCUT2D eigenvalue weighted by Crippen LogP contribution is 2.30. The van der Waals surface area contributed by atoms with E-state index in [4.69, 9.17) is 4.42 Å². The van der Waals surface area contributed by atoms with Crippen molar-refractivity contribution in [2.45, 2.75) is 26.4 Å². The second-order valence-electron chi connectivity index (χ2n) is 5.48. The third-order valence-electron chi connectivity index (χ3n) is 4.02. The SMILES string of the molecule is CCN(Cc1csc([N+](=O)[O-])c1)[C@H](C)c1cc2ccccc2o1. The standard InChI is InChI=1S/C17H18N2O3S/c1-3-18(10-13-8-17(19(20)21)23-11-13)12(2)16-9-14-6-4-5-7-15(14)22-16/h4-9,11-12H,3,10H2,1-2H3/t12-/m1/s1. The number of fused-ring (bicyclic) bond motifs is 1. The summed E-state index contributed by atoms with van der Waals surface area (Å²) in [6.07, 6.45) is 0. The van der Waals surface area contributed by atoms with E-state index in [2.05, 4.69) is 24.8 Å². The predicted octanol–water partition coefficient (Wildman–Crippen LogP) is 4.99. The molecule has 1 atom stereocenters. The quantitative estimate of drug-likeness (QED) is 0.472. The fraction of sp³-hybridized carbons (Fsp3) is 0.294.